The fourth-order valence-electron chi connectivity index (χ4n) is 11.3. The van der Waals surface area contributed by atoms with Gasteiger partial charge in [-0.15, -0.1) is 0 Å². The molecule has 0 saturated carbocycles. The summed E-state index contributed by atoms with van der Waals surface area (Å²) >= 11 is 6.20. The number of hydrogen-bond acceptors (Lipinski definition) is 16. The highest BCUT2D eigenvalue weighted by atomic mass is 35.5. The minimum Gasteiger partial charge on any atom is -0.480 e. The van der Waals surface area contributed by atoms with Gasteiger partial charge in [-0.3, -0.25) is 57.7 Å². The number of carbonyl (C=O) groups excluding carboxylic acids is 11. The molecule has 1 aromatic heterocycles. The number of aromatic amines is 1. The highest BCUT2D eigenvalue weighted by molar-refractivity contribution is 8.76. The van der Waals surface area contributed by atoms with Gasteiger partial charge in [0.25, 0.3) is 0 Å². The van der Waals surface area contributed by atoms with Gasteiger partial charge in [0.15, 0.2) is 5.96 Å². The van der Waals surface area contributed by atoms with Gasteiger partial charge in [0, 0.05) is 90.8 Å². The number of carbonyl (C=O) groups is 12. The van der Waals surface area contributed by atoms with E-state index in [4.69, 9.17) is 28.8 Å². The lowest BCUT2D eigenvalue weighted by molar-refractivity contribution is -0.145. The Balaban J connectivity index is 1.24. The molecule has 17 N–H and O–H groups in total. The average Bonchev–Trinajstić information content (AvgIpc) is 1.80. The number of aliphatic imine (C=N–C) groups is 1. The number of carboxylic acid groups (broad SMARTS) is 1. The number of hydrogen-bond donors (Lipinski definition) is 14. The molecule has 5 aromatic rings. The molecule has 3 heterocycles. The predicted octanol–water partition coefficient (Wildman–Crippen LogP) is 1.14. The normalized spacial score (nSPS) is 19.8. The molecule has 4 aromatic carbocycles. The van der Waals surface area contributed by atoms with Crippen molar-refractivity contribution in [3.8, 4) is 0 Å². The zero-order valence-electron chi connectivity index (χ0n) is 54.5. The molecule has 2 aliphatic rings. The maximum Gasteiger partial charge on any atom is 0.327 e. The number of carboxylic acids is 1. The fraction of sp³-hybridized carbons (Fsp3) is 0.431. The number of azide groups is 1. The topological polar surface area (TPSA) is 492 Å². The number of amides is 11. The van der Waals surface area contributed by atoms with Gasteiger partial charge in [0.05, 0.1) is 0 Å². The minimum absolute atomic E-state index is 0.0288. The van der Waals surface area contributed by atoms with Crippen molar-refractivity contribution in [1.82, 2.24) is 57.7 Å². The second-order valence-corrected chi connectivity index (χ2v) is 27.2. The number of nitrogens with zero attached hydrogens (tertiary/aromatic N) is 5. The molecule has 2 aliphatic heterocycles. The van der Waals surface area contributed by atoms with Gasteiger partial charge < -0.3 is 80.0 Å². The van der Waals surface area contributed by atoms with Crippen molar-refractivity contribution in [1.29, 1.82) is 0 Å². The van der Waals surface area contributed by atoms with Crippen LogP contribution in [0.25, 0.3) is 32.1 Å². The largest absolute Gasteiger partial charge is 0.480 e. The molecule has 528 valence electrons. The molecule has 0 aliphatic carbocycles. The SMILES string of the molecule is CC(=O)N[C@H]1CSSC[C@@H](C(=O)N[C@H](Cc2ccc3ccccc3c2)C(=O)N[C@@H](CC(C)C)C(=O)N[C@@H](CCCN=C(N)N)C(=O)N2CCC[C@H]2C(=O)N[C@@H](CN)C(=O)O)NC(=O)[C@H](CC(=O)N=[N+]=[N-])NC(=O)[C@@H](Cc2c[nH]c3ccccc23)NC(=O)[C@@H](Cc2ccc(Cl)cc2)NC1=O. The van der Waals surface area contributed by atoms with Gasteiger partial charge in [0.2, 0.25) is 65.0 Å². The van der Waals surface area contributed by atoms with Crippen LogP contribution < -0.4 is 65.1 Å². The van der Waals surface area contributed by atoms with Gasteiger partial charge in [-0.25, -0.2) is 4.79 Å². The van der Waals surface area contributed by atoms with Gasteiger partial charge in [-0.2, -0.15) is 0 Å². The summed E-state index contributed by atoms with van der Waals surface area (Å²) in [5.41, 5.74) is 28.3. The molecule has 0 bridgehead atoms. The summed E-state index contributed by atoms with van der Waals surface area (Å²) in [5, 5.41) is 39.2. The number of para-hydroxylation sites is 1. The lowest BCUT2D eigenvalue weighted by Crippen LogP contribution is -2.61. The third kappa shape index (κ3) is 22.8. The van der Waals surface area contributed by atoms with Crippen LogP contribution in [0.3, 0.4) is 0 Å². The molecule has 0 unspecified atom stereocenters. The van der Waals surface area contributed by atoms with E-state index in [0.717, 1.165) is 32.4 Å². The number of H-pyrrole nitrogens is 1. The van der Waals surface area contributed by atoms with Crippen molar-refractivity contribution in [3.63, 3.8) is 0 Å². The maximum absolute atomic E-state index is 15.2. The van der Waals surface area contributed by atoms with E-state index in [0.29, 0.717) is 39.0 Å². The molecular weight excluding hydrogens is 1340 g/mol. The first kappa shape index (κ1) is 76.4. The number of aromatic nitrogens is 1. The third-order valence-corrected chi connectivity index (χ3v) is 18.9. The summed E-state index contributed by atoms with van der Waals surface area (Å²) in [6, 6.07) is 11.3. The molecule has 7 rings (SSSR count). The predicted molar refractivity (Wildman–Crippen MR) is 372 cm³/mol. The van der Waals surface area contributed by atoms with Crippen LogP contribution in [-0.4, -0.2) is 183 Å². The smallest absolute Gasteiger partial charge is 0.327 e. The summed E-state index contributed by atoms with van der Waals surface area (Å²) in [7, 11) is 1.90. The second kappa shape index (κ2) is 37.1. The van der Waals surface area contributed by atoms with Crippen molar-refractivity contribution in [3.05, 3.63) is 129 Å². The Kier molecular flexibility index (Phi) is 28.7. The Morgan fingerprint density at radius 2 is 1.36 bits per heavy atom. The van der Waals surface area contributed by atoms with Crippen molar-refractivity contribution in [2.24, 2.45) is 33.2 Å². The zero-order valence-corrected chi connectivity index (χ0v) is 56.9. The Labute approximate surface area is 582 Å². The standard InChI is InChI=1S/C65H81ClN18O13S2/c1-34(2)24-45(55(87)74-44(14-8-22-71-65(68)69)63(95)84-23-9-15-53(84)62(94)80-50(30-67)64(96)97)75-57(89)47(27-37-16-19-38-10-4-5-11-39(38)25-37)77-61(93)52-33-99-98-32-51(73-35(3)85)60(92)76-46(26-36-17-20-41(66)21-18-36)56(88)78-48(28-40-31-72-43-13-7-6-12-42(40)43)58(90)79-49(59(91)81-52)29-54(86)82-83-70/h4-7,10-13,16-21,25,31,34,44-53,72H,8-9,14-15,22-24,26-30,32-33,67H2,1-3H3,(H,73,85)(H,74,87)(H,75,89)(H,76,92)(H,77,93)(H,78,88)(H,79,90)(H,80,94)(H,81,91)(H,96,97)(H4,68,69,71)/t44-,45-,46+,47+,48+,49-,50-,51-,52-,53-/m0/s1. The highest BCUT2D eigenvalue weighted by Crippen LogP contribution is 2.26. The molecule has 2 saturated heterocycles. The summed E-state index contributed by atoms with van der Waals surface area (Å²) in [5.74, 6) is -12.5. The summed E-state index contributed by atoms with van der Waals surface area (Å²) in [6.45, 7) is 4.39. The first-order valence-corrected chi connectivity index (χ1v) is 34.8. The van der Waals surface area contributed by atoms with Crippen LogP contribution in [0.15, 0.2) is 107 Å². The molecule has 99 heavy (non-hydrogen) atoms. The number of fused-ring (bicyclic) bond motifs is 2. The number of nitrogens with two attached hydrogens (primary N) is 3. The molecular formula is C65H81ClN18O13S2. The fourth-order valence-corrected chi connectivity index (χ4v) is 13.7. The lowest BCUT2D eigenvalue weighted by Gasteiger charge is -2.31. The van der Waals surface area contributed by atoms with E-state index >= 15 is 9.59 Å². The lowest BCUT2D eigenvalue weighted by atomic mass is 9.99. The van der Waals surface area contributed by atoms with E-state index in [1.807, 2.05) is 18.2 Å². The van der Waals surface area contributed by atoms with Gasteiger partial charge >= 0.3 is 5.97 Å². The third-order valence-electron chi connectivity index (χ3n) is 16.2. The van der Waals surface area contributed by atoms with Gasteiger partial charge in [-0.05, 0) is 94.3 Å². The van der Waals surface area contributed by atoms with Gasteiger partial charge in [-0.1, -0.05) is 120 Å². The van der Waals surface area contributed by atoms with E-state index in [1.54, 1.807) is 92.8 Å². The molecule has 11 amide bonds. The summed E-state index contributed by atoms with van der Waals surface area (Å²) < 4.78 is 0. The van der Waals surface area contributed by atoms with Crippen molar-refractivity contribution in [2.75, 3.05) is 31.1 Å². The number of benzene rings is 4. The zero-order chi connectivity index (χ0) is 71.9. The van der Waals surface area contributed by atoms with Crippen LogP contribution >= 0.6 is 33.2 Å². The molecule has 2 fully saturated rings. The maximum atomic E-state index is 15.2. The van der Waals surface area contributed by atoms with Crippen molar-refractivity contribution >= 4 is 132 Å². The Morgan fingerprint density at radius 1 is 0.737 bits per heavy atom. The van der Waals surface area contributed by atoms with Crippen LogP contribution in [0.5, 0.6) is 0 Å². The first-order chi connectivity index (χ1) is 47.3. The Bertz CT molecular complexity index is 3870. The molecule has 34 heteroatoms. The summed E-state index contributed by atoms with van der Waals surface area (Å²) in [6.07, 6.45) is 0.551. The first-order valence-electron chi connectivity index (χ1n) is 31.9. The number of halogens is 1. The molecule has 10 atom stereocenters. The van der Waals surface area contributed by atoms with Crippen LogP contribution in [0, 0.1) is 5.92 Å². The van der Waals surface area contributed by atoms with Crippen LogP contribution in [0.4, 0.5) is 0 Å². The van der Waals surface area contributed by atoms with E-state index in [9.17, 15) is 58.6 Å². The van der Waals surface area contributed by atoms with E-state index in [1.165, 1.54) is 11.8 Å². The highest BCUT2D eigenvalue weighted by Gasteiger charge is 2.41. The number of likely N-dealkylation sites (tertiary alicyclic amines) is 1. The minimum atomic E-state index is -1.92. The Morgan fingerprint density at radius 3 is 2.05 bits per heavy atom. The van der Waals surface area contributed by atoms with Crippen LogP contribution in [0.2, 0.25) is 5.02 Å². The molecule has 0 radical (unpaired) electrons. The van der Waals surface area contributed by atoms with E-state index in [2.05, 4.69) is 67.9 Å². The van der Waals surface area contributed by atoms with Crippen molar-refractivity contribution in [2.45, 2.75) is 139 Å². The number of guanidine groups is 1. The summed E-state index contributed by atoms with van der Waals surface area (Å²) in [4.78, 5) is 181. The van der Waals surface area contributed by atoms with E-state index in [-0.39, 0.29) is 81.4 Å². The average molecular weight is 1420 g/mol. The number of rotatable bonds is 26. The van der Waals surface area contributed by atoms with Crippen LogP contribution in [-0.2, 0) is 76.8 Å². The number of aliphatic carboxylic acids is 1. The van der Waals surface area contributed by atoms with Crippen molar-refractivity contribution < 1.29 is 62.6 Å². The monoisotopic (exact) mass is 1420 g/mol. The second-order valence-electron chi connectivity index (χ2n) is 24.2. The number of nitrogens with one attached hydrogen (secondary N) is 10. The quantitative estimate of drug-likeness (QED) is 0.00702. The van der Waals surface area contributed by atoms with Crippen LogP contribution in [0.1, 0.15) is 76.0 Å². The Hall–Kier alpha value is -9.95. The molecule has 0 spiro atoms. The van der Waals surface area contributed by atoms with E-state index < -0.39 is 144 Å². The molecule has 31 nitrogen and oxygen atoms in total. The van der Waals surface area contributed by atoms with Gasteiger partial charge in [0.1, 0.15) is 60.4 Å².